The molecule has 38 heavy (non-hydrogen) atoms. The van der Waals surface area contributed by atoms with Gasteiger partial charge >= 0.3 is 11.9 Å². The molecule has 0 saturated heterocycles. The smallest absolute Gasteiger partial charge is 0.343 e. The predicted octanol–water partition coefficient (Wildman–Crippen LogP) is 3.28. The van der Waals surface area contributed by atoms with Crippen molar-refractivity contribution in [2.45, 2.75) is 12.3 Å². The van der Waals surface area contributed by atoms with E-state index in [0.29, 0.717) is 11.3 Å². The Morgan fingerprint density at radius 1 is 1.00 bits per heavy atom. The Bertz CT molecular complexity index is 1670. The fourth-order valence-corrected chi connectivity index (χ4v) is 4.35. The van der Waals surface area contributed by atoms with E-state index in [4.69, 9.17) is 13.9 Å². The average Bonchev–Trinajstić information content (AvgIpc) is 2.90. The molecule has 1 aromatic heterocycles. The second-order valence-corrected chi connectivity index (χ2v) is 8.49. The zero-order chi connectivity index (χ0) is 27.1. The van der Waals surface area contributed by atoms with Crippen LogP contribution < -0.4 is 14.9 Å². The van der Waals surface area contributed by atoms with Crippen LogP contribution in [-0.2, 0) is 14.3 Å². The molecular weight excluding hydrogens is 500 g/mol. The summed E-state index contributed by atoms with van der Waals surface area (Å²) in [5, 5.41) is 40.5. The summed E-state index contributed by atoms with van der Waals surface area (Å²) in [7, 11) is 1.23. The number of hydrogen-bond donors (Lipinski definition) is 4. The van der Waals surface area contributed by atoms with Gasteiger partial charge in [-0.25, -0.2) is 4.79 Å². The van der Waals surface area contributed by atoms with Crippen molar-refractivity contribution in [2.24, 2.45) is 0 Å². The van der Waals surface area contributed by atoms with Crippen LogP contribution in [0.4, 0.5) is 0 Å². The number of aromatic hydroxyl groups is 4. The van der Waals surface area contributed by atoms with Crippen LogP contribution in [0.3, 0.4) is 0 Å². The molecule has 11 nitrogen and oxygen atoms in total. The molecule has 0 fully saturated rings. The van der Waals surface area contributed by atoms with E-state index in [1.807, 2.05) is 0 Å². The van der Waals surface area contributed by atoms with E-state index in [1.54, 1.807) is 24.3 Å². The van der Waals surface area contributed by atoms with Gasteiger partial charge in [-0.3, -0.25) is 9.59 Å². The van der Waals surface area contributed by atoms with Crippen LogP contribution in [0, 0.1) is 0 Å². The maximum atomic E-state index is 13.2. The van der Waals surface area contributed by atoms with E-state index in [1.165, 1.54) is 13.2 Å². The number of benzene rings is 3. The lowest BCUT2D eigenvalue weighted by Crippen LogP contribution is -2.22. The molecule has 0 unspecified atom stereocenters. The van der Waals surface area contributed by atoms with Gasteiger partial charge in [0.25, 0.3) is 0 Å². The van der Waals surface area contributed by atoms with Gasteiger partial charge in [-0.05, 0) is 35.9 Å². The maximum absolute atomic E-state index is 13.2. The third kappa shape index (κ3) is 4.19. The van der Waals surface area contributed by atoms with Gasteiger partial charge in [0.05, 0.1) is 13.5 Å². The number of fused-ring (bicyclic) bond motifs is 3. The molecule has 194 valence electrons. The van der Waals surface area contributed by atoms with Crippen molar-refractivity contribution < 1.29 is 48.6 Å². The van der Waals surface area contributed by atoms with Crippen molar-refractivity contribution in [3.8, 4) is 45.8 Å². The second kappa shape index (κ2) is 9.36. The number of carbonyl (C=O) groups excluding carboxylic acids is 2. The average molecular weight is 520 g/mol. The Balaban J connectivity index is 1.73. The second-order valence-electron chi connectivity index (χ2n) is 8.49. The van der Waals surface area contributed by atoms with Gasteiger partial charge in [0.1, 0.15) is 28.2 Å². The SMILES string of the molecule is COC(=O)COc1cccc([C@H]2CC(=O)Oc3cc(O)c4c(=O)c(O)c(-c5ccc(O)c(O)c5)oc4c32)c1. The van der Waals surface area contributed by atoms with Crippen LogP contribution in [0.1, 0.15) is 23.5 Å². The lowest BCUT2D eigenvalue weighted by molar-refractivity contribution is -0.143. The van der Waals surface area contributed by atoms with E-state index in [2.05, 4.69) is 4.74 Å². The highest BCUT2D eigenvalue weighted by Gasteiger charge is 2.34. The number of phenols is 3. The van der Waals surface area contributed by atoms with Gasteiger partial charge in [0.2, 0.25) is 11.2 Å². The van der Waals surface area contributed by atoms with Gasteiger partial charge in [-0.2, -0.15) is 0 Å². The van der Waals surface area contributed by atoms with Crippen LogP contribution in [0.2, 0.25) is 0 Å². The van der Waals surface area contributed by atoms with Gasteiger partial charge in [-0.1, -0.05) is 12.1 Å². The van der Waals surface area contributed by atoms with Crippen LogP contribution in [-0.4, -0.2) is 46.1 Å². The van der Waals surface area contributed by atoms with Gasteiger partial charge in [0.15, 0.2) is 23.9 Å². The minimum Gasteiger partial charge on any atom is -0.507 e. The molecule has 0 bridgehead atoms. The monoisotopic (exact) mass is 520 g/mol. The van der Waals surface area contributed by atoms with Crippen molar-refractivity contribution >= 4 is 22.9 Å². The molecule has 0 radical (unpaired) electrons. The summed E-state index contributed by atoms with van der Waals surface area (Å²) in [6.07, 6.45) is -0.159. The number of hydrogen-bond acceptors (Lipinski definition) is 11. The molecule has 5 rings (SSSR count). The molecule has 4 aromatic rings. The number of rotatable bonds is 5. The van der Waals surface area contributed by atoms with Crippen LogP contribution >= 0.6 is 0 Å². The Labute approximate surface area is 213 Å². The van der Waals surface area contributed by atoms with Crippen molar-refractivity contribution in [3.05, 3.63) is 69.9 Å². The molecule has 1 atom stereocenters. The summed E-state index contributed by atoms with van der Waals surface area (Å²) in [5.74, 6) is -4.34. The first-order valence-electron chi connectivity index (χ1n) is 11.3. The Morgan fingerprint density at radius 3 is 2.53 bits per heavy atom. The topological polar surface area (TPSA) is 173 Å². The molecule has 3 aromatic carbocycles. The first kappa shape index (κ1) is 24.5. The number of methoxy groups -OCH3 is 1. The minimum absolute atomic E-state index is 0.0505. The highest BCUT2D eigenvalue weighted by molar-refractivity contribution is 5.94. The number of phenolic OH excluding ortho intramolecular Hbond substituents is 3. The van der Waals surface area contributed by atoms with E-state index < -0.39 is 46.3 Å². The lowest BCUT2D eigenvalue weighted by atomic mass is 9.85. The molecule has 0 aliphatic carbocycles. The maximum Gasteiger partial charge on any atom is 0.343 e. The summed E-state index contributed by atoms with van der Waals surface area (Å²) in [5.41, 5.74) is -0.235. The normalized spacial score (nSPS) is 14.6. The van der Waals surface area contributed by atoms with Gasteiger partial charge < -0.3 is 39.1 Å². The highest BCUT2D eigenvalue weighted by Crippen LogP contribution is 2.47. The predicted molar refractivity (Wildman–Crippen MR) is 131 cm³/mol. The molecule has 4 N–H and O–H groups in total. The number of carbonyl (C=O) groups is 2. The molecular formula is C27H20O11. The summed E-state index contributed by atoms with van der Waals surface area (Å²) >= 11 is 0. The van der Waals surface area contributed by atoms with Crippen molar-refractivity contribution in [1.29, 1.82) is 0 Å². The lowest BCUT2D eigenvalue weighted by Gasteiger charge is -2.26. The number of esters is 2. The van der Waals surface area contributed by atoms with Crippen LogP contribution in [0.15, 0.2) is 57.7 Å². The Hall–Kier alpha value is -5.19. The largest absolute Gasteiger partial charge is 0.507 e. The first-order valence-corrected chi connectivity index (χ1v) is 11.3. The molecule has 2 heterocycles. The summed E-state index contributed by atoms with van der Waals surface area (Å²) < 4.78 is 21.4. The van der Waals surface area contributed by atoms with Gasteiger partial charge in [0, 0.05) is 23.1 Å². The Morgan fingerprint density at radius 2 is 1.79 bits per heavy atom. The molecule has 0 saturated carbocycles. The van der Waals surface area contributed by atoms with E-state index in [9.17, 15) is 34.8 Å². The molecule has 0 amide bonds. The molecule has 0 spiro atoms. The van der Waals surface area contributed by atoms with E-state index in [0.717, 1.165) is 18.2 Å². The third-order valence-electron chi connectivity index (χ3n) is 6.15. The summed E-state index contributed by atoms with van der Waals surface area (Å²) in [4.78, 5) is 37.1. The fourth-order valence-electron chi connectivity index (χ4n) is 4.35. The van der Waals surface area contributed by atoms with Crippen molar-refractivity contribution in [3.63, 3.8) is 0 Å². The quantitative estimate of drug-likeness (QED) is 0.173. The first-order chi connectivity index (χ1) is 18.2. The molecule has 1 aliphatic heterocycles. The summed E-state index contributed by atoms with van der Waals surface area (Å²) in [6, 6.07) is 11.2. The molecule has 1 aliphatic rings. The third-order valence-corrected chi connectivity index (χ3v) is 6.15. The number of ether oxygens (including phenoxy) is 3. The van der Waals surface area contributed by atoms with E-state index >= 15 is 0 Å². The zero-order valence-corrected chi connectivity index (χ0v) is 19.8. The van der Waals surface area contributed by atoms with Crippen LogP contribution in [0.25, 0.3) is 22.3 Å². The van der Waals surface area contributed by atoms with Crippen LogP contribution in [0.5, 0.6) is 34.5 Å². The van der Waals surface area contributed by atoms with Crippen molar-refractivity contribution in [2.75, 3.05) is 13.7 Å². The van der Waals surface area contributed by atoms with Crippen molar-refractivity contribution in [1.82, 2.24) is 0 Å². The molecule has 11 heteroatoms. The highest BCUT2D eigenvalue weighted by atomic mass is 16.6. The minimum atomic E-state index is -0.958. The summed E-state index contributed by atoms with van der Waals surface area (Å²) in [6.45, 7) is -0.336. The van der Waals surface area contributed by atoms with Gasteiger partial charge in [-0.15, -0.1) is 0 Å². The fraction of sp³-hybridized carbons (Fsp3) is 0.148. The zero-order valence-electron chi connectivity index (χ0n) is 19.8. The van der Waals surface area contributed by atoms with E-state index in [-0.39, 0.29) is 46.6 Å². The Kier molecular flexibility index (Phi) is 6.03. The standard InChI is InChI=1S/C27H20O11/c1-35-21(32)11-36-14-4-2-3-12(7-14)15-9-20(31)37-19-10-18(30)23-24(33)25(34)26(38-27(23)22(15)19)13-5-6-16(28)17(29)8-13/h2-8,10,15,28-30,34H,9,11H2,1H3/t15-/m1/s1.